The van der Waals surface area contributed by atoms with Crippen LogP contribution in [-0.4, -0.2) is 55.9 Å². The molecule has 5 heteroatoms. The molecule has 2 N–H and O–H groups in total. The number of nitriles is 1. The Morgan fingerprint density at radius 1 is 1.35 bits per heavy atom. The van der Waals surface area contributed by atoms with Gasteiger partial charge in [-0.25, -0.2) is 0 Å². The van der Waals surface area contributed by atoms with E-state index in [0.717, 1.165) is 6.54 Å². The molecule has 1 aromatic rings. The predicted molar refractivity (Wildman–Crippen MR) is 78.7 cm³/mol. The Morgan fingerprint density at radius 2 is 2.05 bits per heavy atom. The summed E-state index contributed by atoms with van der Waals surface area (Å²) in [6.45, 7) is 3.55. The fourth-order valence-electron chi connectivity index (χ4n) is 1.57. The van der Waals surface area contributed by atoms with Crippen LogP contribution in [0.5, 0.6) is 5.75 Å². The monoisotopic (exact) mass is 277 g/mol. The molecule has 1 rings (SSSR count). The number of hydrogen-bond donors (Lipinski definition) is 2. The summed E-state index contributed by atoms with van der Waals surface area (Å²) in [4.78, 5) is 2.11. The minimum Gasteiger partial charge on any atom is -0.489 e. The number of ether oxygens (including phenoxy) is 1. The van der Waals surface area contributed by atoms with E-state index in [2.05, 4.69) is 23.2 Å². The Labute approximate surface area is 120 Å². The van der Waals surface area contributed by atoms with Gasteiger partial charge in [-0.05, 0) is 33.2 Å². The van der Waals surface area contributed by atoms with Crippen molar-refractivity contribution in [2.75, 3.05) is 33.8 Å². The van der Waals surface area contributed by atoms with Crippen molar-refractivity contribution in [2.45, 2.75) is 19.1 Å². The molecule has 2 unspecified atom stereocenters. The number of aliphatic hydroxyl groups excluding tert-OH is 1. The second kappa shape index (κ2) is 8.54. The SMILES string of the molecule is CC(CNCC(O)COc1ccccc1C#N)N(C)C. The van der Waals surface area contributed by atoms with E-state index in [9.17, 15) is 5.11 Å². The van der Waals surface area contributed by atoms with Crippen molar-refractivity contribution in [3.63, 3.8) is 0 Å². The van der Waals surface area contributed by atoms with E-state index in [1.807, 2.05) is 14.1 Å². The van der Waals surface area contributed by atoms with E-state index < -0.39 is 6.10 Å². The van der Waals surface area contributed by atoms with Gasteiger partial charge in [-0.15, -0.1) is 0 Å². The number of aliphatic hydroxyl groups is 1. The minimum atomic E-state index is -0.601. The van der Waals surface area contributed by atoms with Gasteiger partial charge in [-0.3, -0.25) is 0 Å². The fourth-order valence-corrected chi connectivity index (χ4v) is 1.57. The lowest BCUT2D eigenvalue weighted by molar-refractivity contribution is 0.104. The van der Waals surface area contributed by atoms with Gasteiger partial charge in [0.25, 0.3) is 0 Å². The lowest BCUT2D eigenvalue weighted by Crippen LogP contribution is -2.39. The zero-order valence-corrected chi connectivity index (χ0v) is 12.3. The van der Waals surface area contributed by atoms with Crippen LogP contribution in [0.15, 0.2) is 24.3 Å². The van der Waals surface area contributed by atoms with Gasteiger partial charge in [0, 0.05) is 19.1 Å². The normalized spacial score (nSPS) is 13.8. The summed E-state index contributed by atoms with van der Waals surface area (Å²) >= 11 is 0. The summed E-state index contributed by atoms with van der Waals surface area (Å²) in [5, 5.41) is 22.0. The van der Waals surface area contributed by atoms with Crippen LogP contribution < -0.4 is 10.1 Å². The molecule has 0 aromatic heterocycles. The van der Waals surface area contributed by atoms with Crippen molar-refractivity contribution >= 4 is 0 Å². The lowest BCUT2D eigenvalue weighted by atomic mass is 10.2. The number of hydrogen-bond acceptors (Lipinski definition) is 5. The standard InChI is InChI=1S/C15H23N3O2/c1-12(18(2)3)9-17-10-14(19)11-20-15-7-5-4-6-13(15)8-16/h4-7,12,14,17,19H,9-11H2,1-3H3. The van der Waals surface area contributed by atoms with Crippen molar-refractivity contribution in [3.8, 4) is 11.8 Å². The van der Waals surface area contributed by atoms with E-state index >= 15 is 0 Å². The van der Waals surface area contributed by atoms with Crippen molar-refractivity contribution in [3.05, 3.63) is 29.8 Å². The van der Waals surface area contributed by atoms with Crippen LogP contribution in [0, 0.1) is 11.3 Å². The molecule has 20 heavy (non-hydrogen) atoms. The molecule has 0 aliphatic heterocycles. The van der Waals surface area contributed by atoms with Crippen molar-refractivity contribution in [1.82, 2.24) is 10.2 Å². The molecule has 1 aromatic carbocycles. The van der Waals surface area contributed by atoms with Gasteiger partial charge in [0.05, 0.1) is 5.56 Å². The maximum atomic E-state index is 9.84. The largest absolute Gasteiger partial charge is 0.489 e. The molecule has 0 aliphatic carbocycles. The first-order chi connectivity index (χ1) is 9.54. The third-order valence-corrected chi connectivity index (χ3v) is 3.14. The molecular weight excluding hydrogens is 254 g/mol. The topological polar surface area (TPSA) is 68.5 Å². The first-order valence-corrected chi connectivity index (χ1v) is 6.71. The van der Waals surface area contributed by atoms with Gasteiger partial charge in [-0.1, -0.05) is 12.1 Å². The smallest absolute Gasteiger partial charge is 0.137 e. The Bertz CT molecular complexity index is 443. The second-order valence-electron chi connectivity index (χ2n) is 5.04. The van der Waals surface area contributed by atoms with Crippen LogP contribution in [0.4, 0.5) is 0 Å². The van der Waals surface area contributed by atoms with E-state index in [1.165, 1.54) is 0 Å². The third kappa shape index (κ3) is 5.57. The van der Waals surface area contributed by atoms with E-state index in [4.69, 9.17) is 10.00 Å². The first kappa shape index (κ1) is 16.4. The zero-order valence-electron chi connectivity index (χ0n) is 12.3. The average molecular weight is 277 g/mol. The maximum Gasteiger partial charge on any atom is 0.137 e. The number of likely N-dealkylation sites (N-methyl/N-ethyl adjacent to an activating group) is 1. The molecule has 0 saturated heterocycles. The molecule has 110 valence electrons. The highest BCUT2D eigenvalue weighted by Crippen LogP contribution is 2.16. The fraction of sp³-hybridized carbons (Fsp3) is 0.533. The average Bonchev–Trinajstić information content (AvgIpc) is 2.45. The van der Waals surface area contributed by atoms with Crippen LogP contribution in [0.1, 0.15) is 12.5 Å². The summed E-state index contributed by atoms with van der Waals surface area (Å²) in [5.74, 6) is 0.510. The molecule has 2 atom stereocenters. The minimum absolute atomic E-state index is 0.169. The van der Waals surface area contributed by atoms with Crippen LogP contribution in [0.2, 0.25) is 0 Å². The molecular formula is C15H23N3O2. The molecule has 0 aliphatic rings. The number of nitrogens with one attached hydrogen (secondary N) is 1. The molecule has 0 radical (unpaired) electrons. The third-order valence-electron chi connectivity index (χ3n) is 3.14. The Morgan fingerprint density at radius 3 is 2.70 bits per heavy atom. The Hall–Kier alpha value is -1.61. The van der Waals surface area contributed by atoms with Gasteiger partial charge >= 0.3 is 0 Å². The molecule has 5 nitrogen and oxygen atoms in total. The quantitative estimate of drug-likeness (QED) is 0.737. The van der Waals surface area contributed by atoms with Gasteiger partial charge in [-0.2, -0.15) is 5.26 Å². The lowest BCUT2D eigenvalue weighted by Gasteiger charge is -2.21. The molecule has 0 bridgehead atoms. The Kier molecular flexibility index (Phi) is 7.02. The first-order valence-electron chi connectivity index (χ1n) is 6.71. The summed E-state index contributed by atoms with van der Waals surface area (Å²) in [5.41, 5.74) is 0.480. The summed E-state index contributed by atoms with van der Waals surface area (Å²) in [7, 11) is 4.04. The van der Waals surface area contributed by atoms with E-state index in [0.29, 0.717) is 23.9 Å². The highest BCUT2D eigenvalue weighted by atomic mass is 16.5. The molecule has 0 spiro atoms. The van der Waals surface area contributed by atoms with Crippen LogP contribution in [0.3, 0.4) is 0 Å². The number of para-hydroxylation sites is 1. The molecule has 0 fully saturated rings. The summed E-state index contributed by atoms with van der Waals surface area (Å²) in [6.07, 6.45) is -0.601. The van der Waals surface area contributed by atoms with E-state index in [-0.39, 0.29) is 6.61 Å². The summed E-state index contributed by atoms with van der Waals surface area (Å²) in [6, 6.07) is 9.48. The Balaban J connectivity index is 2.30. The van der Waals surface area contributed by atoms with Crippen molar-refractivity contribution in [2.24, 2.45) is 0 Å². The molecule has 0 amide bonds. The second-order valence-corrected chi connectivity index (χ2v) is 5.04. The van der Waals surface area contributed by atoms with E-state index in [1.54, 1.807) is 24.3 Å². The van der Waals surface area contributed by atoms with Gasteiger partial charge in [0.2, 0.25) is 0 Å². The van der Waals surface area contributed by atoms with Crippen molar-refractivity contribution in [1.29, 1.82) is 5.26 Å². The molecule has 0 saturated carbocycles. The van der Waals surface area contributed by atoms with Crippen molar-refractivity contribution < 1.29 is 9.84 Å². The number of rotatable bonds is 8. The van der Waals surface area contributed by atoms with Crippen LogP contribution in [0.25, 0.3) is 0 Å². The number of benzene rings is 1. The molecule has 0 heterocycles. The van der Waals surface area contributed by atoms with Crippen LogP contribution in [-0.2, 0) is 0 Å². The highest BCUT2D eigenvalue weighted by Gasteiger charge is 2.09. The summed E-state index contributed by atoms with van der Waals surface area (Å²) < 4.78 is 5.47. The van der Waals surface area contributed by atoms with Gasteiger partial charge < -0.3 is 20.1 Å². The predicted octanol–water partition coefficient (Wildman–Crippen LogP) is 0.838. The van der Waals surface area contributed by atoms with Crippen LogP contribution >= 0.6 is 0 Å². The zero-order chi connectivity index (χ0) is 15.0. The van der Waals surface area contributed by atoms with Gasteiger partial charge in [0.15, 0.2) is 0 Å². The highest BCUT2D eigenvalue weighted by molar-refractivity contribution is 5.42. The van der Waals surface area contributed by atoms with Gasteiger partial charge in [0.1, 0.15) is 24.5 Å². The number of nitrogens with zero attached hydrogens (tertiary/aromatic N) is 2. The maximum absolute atomic E-state index is 9.84.